The molecule has 2 aromatic rings. The van der Waals surface area contributed by atoms with Gasteiger partial charge in [-0.3, -0.25) is 4.57 Å². The predicted molar refractivity (Wildman–Crippen MR) is 53.1 cm³/mol. The van der Waals surface area contributed by atoms with Gasteiger partial charge in [-0.2, -0.15) is 0 Å². The van der Waals surface area contributed by atoms with E-state index in [1.54, 1.807) is 18.6 Å². The van der Waals surface area contributed by atoms with E-state index in [0.29, 0.717) is 6.54 Å². The fraction of sp³-hybridized carbons (Fsp3) is 0.222. The second-order valence-corrected chi connectivity index (χ2v) is 3.08. The van der Waals surface area contributed by atoms with Gasteiger partial charge < -0.3 is 9.88 Å². The molecule has 2 heterocycles. The summed E-state index contributed by atoms with van der Waals surface area (Å²) in [5.74, 6) is 0.809. The Labute approximate surface area is 86.6 Å². The molecule has 15 heavy (non-hydrogen) atoms. The zero-order valence-corrected chi connectivity index (χ0v) is 8.29. The molecule has 0 aromatic carbocycles. The average molecular weight is 205 g/mol. The Kier molecular flexibility index (Phi) is 2.49. The number of aryl methyl sites for hydroxylation is 1. The molecule has 1 N–H and O–H groups in total. The minimum Gasteiger partial charge on any atom is -0.337 e. The zero-order chi connectivity index (χ0) is 10.7. The number of carbonyl (C=O) groups excluding carboxylic acids is 1. The van der Waals surface area contributed by atoms with E-state index in [1.165, 1.54) is 10.9 Å². The zero-order valence-electron chi connectivity index (χ0n) is 8.29. The van der Waals surface area contributed by atoms with Gasteiger partial charge in [0.1, 0.15) is 12.2 Å². The smallest absolute Gasteiger partial charge is 0.327 e. The highest BCUT2D eigenvalue weighted by Gasteiger charge is 2.04. The number of aromatic nitrogens is 4. The second kappa shape index (κ2) is 3.95. The molecule has 2 aromatic heterocycles. The van der Waals surface area contributed by atoms with Crippen molar-refractivity contribution in [3.63, 3.8) is 0 Å². The first-order valence-electron chi connectivity index (χ1n) is 4.50. The quantitative estimate of drug-likeness (QED) is 0.770. The molecule has 1 amide bonds. The van der Waals surface area contributed by atoms with Gasteiger partial charge in [-0.25, -0.2) is 14.8 Å². The lowest BCUT2D eigenvalue weighted by Crippen LogP contribution is -2.28. The van der Waals surface area contributed by atoms with E-state index in [-0.39, 0.29) is 6.03 Å². The van der Waals surface area contributed by atoms with Crippen LogP contribution in [0.3, 0.4) is 0 Å². The van der Waals surface area contributed by atoms with Crippen molar-refractivity contribution in [1.82, 2.24) is 24.4 Å². The monoisotopic (exact) mass is 205 g/mol. The van der Waals surface area contributed by atoms with Crippen LogP contribution in [0.1, 0.15) is 5.82 Å². The first-order chi connectivity index (χ1) is 7.27. The third-order valence-electron chi connectivity index (χ3n) is 2.06. The summed E-state index contributed by atoms with van der Waals surface area (Å²) in [7, 11) is 1.88. The summed E-state index contributed by atoms with van der Waals surface area (Å²) in [6.45, 7) is 0.403. The third-order valence-corrected chi connectivity index (χ3v) is 2.06. The Hall–Kier alpha value is -2.11. The number of carbonyl (C=O) groups is 1. The van der Waals surface area contributed by atoms with E-state index in [0.717, 1.165) is 5.82 Å². The normalized spacial score (nSPS) is 10.2. The minimum absolute atomic E-state index is 0.212. The molecule has 0 aliphatic heterocycles. The SMILES string of the molecule is Cn1ccnc1CNC(=O)n1ccnc1. The second-order valence-electron chi connectivity index (χ2n) is 3.08. The van der Waals surface area contributed by atoms with Crippen LogP contribution in [-0.2, 0) is 13.6 Å². The number of nitrogens with zero attached hydrogens (tertiary/aromatic N) is 4. The van der Waals surface area contributed by atoms with E-state index in [1.807, 2.05) is 17.8 Å². The molecule has 0 radical (unpaired) electrons. The van der Waals surface area contributed by atoms with E-state index in [2.05, 4.69) is 15.3 Å². The first-order valence-corrected chi connectivity index (χ1v) is 4.50. The third kappa shape index (κ3) is 2.04. The Morgan fingerprint density at radius 2 is 2.33 bits per heavy atom. The standard InChI is InChI=1S/C9H11N5O/c1-13-4-3-11-8(13)6-12-9(15)14-5-2-10-7-14/h2-5,7H,6H2,1H3,(H,12,15). The summed E-state index contributed by atoms with van der Waals surface area (Å²) in [6, 6.07) is -0.212. The Balaban J connectivity index is 1.95. The van der Waals surface area contributed by atoms with Crippen molar-refractivity contribution >= 4 is 6.03 Å². The van der Waals surface area contributed by atoms with Crippen LogP contribution < -0.4 is 5.32 Å². The largest absolute Gasteiger partial charge is 0.337 e. The minimum atomic E-state index is -0.212. The molecule has 0 saturated carbocycles. The lowest BCUT2D eigenvalue weighted by molar-refractivity contribution is 0.241. The number of amides is 1. The summed E-state index contributed by atoms with van der Waals surface area (Å²) >= 11 is 0. The molecular formula is C9H11N5O. The summed E-state index contributed by atoms with van der Waals surface area (Å²) < 4.78 is 3.23. The van der Waals surface area contributed by atoms with Crippen molar-refractivity contribution in [2.24, 2.45) is 7.05 Å². The summed E-state index contributed by atoms with van der Waals surface area (Å²) in [6.07, 6.45) is 8.12. The number of imidazole rings is 2. The van der Waals surface area contributed by atoms with Gasteiger partial charge in [-0.1, -0.05) is 0 Å². The van der Waals surface area contributed by atoms with Gasteiger partial charge in [0, 0.05) is 31.8 Å². The van der Waals surface area contributed by atoms with Gasteiger partial charge >= 0.3 is 6.03 Å². The average Bonchev–Trinajstić information content (AvgIpc) is 2.85. The van der Waals surface area contributed by atoms with Crippen molar-refractivity contribution < 1.29 is 4.79 Å². The highest BCUT2D eigenvalue weighted by molar-refractivity contribution is 5.76. The molecule has 0 fully saturated rings. The summed E-state index contributed by atoms with van der Waals surface area (Å²) in [5.41, 5.74) is 0. The summed E-state index contributed by atoms with van der Waals surface area (Å²) in [5, 5.41) is 2.73. The fourth-order valence-electron chi connectivity index (χ4n) is 1.19. The highest BCUT2D eigenvalue weighted by atomic mass is 16.2. The molecule has 78 valence electrons. The molecule has 0 aliphatic carbocycles. The molecule has 0 atom stereocenters. The Morgan fingerprint density at radius 1 is 1.47 bits per heavy atom. The van der Waals surface area contributed by atoms with Crippen LogP contribution in [0.15, 0.2) is 31.1 Å². The molecule has 0 saturated heterocycles. The van der Waals surface area contributed by atoms with E-state index in [4.69, 9.17) is 0 Å². The van der Waals surface area contributed by atoms with Crippen LogP contribution in [0, 0.1) is 0 Å². The maximum absolute atomic E-state index is 11.5. The molecule has 0 spiro atoms. The lowest BCUT2D eigenvalue weighted by Gasteiger charge is -2.04. The van der Waals surface area contributed by atoms with Crippen LogP contribution in [0.4, 0.5) is 4.79 Å². The maximum atomic E-state index is 11.5. The number of rotatable bonds is 2. The maximum Gasteiger partial charge on any atom is 0.327 e. The number of hydrogen-bond acceptors (Lipinski definition) is 3. The van der Waals surface area contributed by atoms with Crippen LogP contribution in [0.25, 0.3) is 0 Å². The molecule has 0 bridgehead atoms. The molecular weight excluding hydrogens is 194 g/mol. The fourth-order valence-corrected chi connectivity index (χ4v) is 1.19. The van der Waals surface area contributed by atoms with Crippen molar-refractivity contribution in [2.45, 2.75) is 6.54 Å². The van der Waals surface area contributed by atoms with Crippen LogP contribution in [0.2, 0.25) is 0 Å². The highest BCUT2D eigenvalue weighted by Crippen LogP contribution is 1.93. The molecule has 0 aliphatic rings. The topological polar surface area (TPSA) is 64.7 Å². The van der Waals surface area contributed by atoms with Crippen LogP contribution >= 0.6 is 0 Å². The van der Waals surface area contributed by atoms with Gasteiger partial charge in [0.15, 0.2) is 0 Å². The van der Waals surface area contributed by atoms with E-state index >= 15 is 0 Å². The number of hydrogen-bond donors (Lipinski definition) is 1. The van der Waals surface area contributed by atoms with Gasteiger partial charge in [0.2, 0.25) is 0 Å². The van der Waals surface area contributed by atoms with E-state index < -0.39 is 0 Å². The van der Waals surface area contributed by atoms with Crippen LogP contribution in [-0.4, -0.2) is 25.1 Å². The van der Waals surface area contributed by atoms with Crippen LogP contribution in [0.5, 0.6) is 0 Å². The molecule has 0 unspecified atom stereocenters. The van der Waals surface area contributed by atoms with Gasteiger partial charge in [-0.15, -0.1) is 0 Å². The summed E-state index contributed by atoms with van der Waals surface area (Å²) in [4.78, 5) is 19.4. The molecule has 2 rings (SSSR count). The molecule has 6 nitrogen and oxygen atoms in total. The van der Waals surface area contributed by atoms with Crippen molar-refractivity contribution in [1.29, 1.82) is 0 Å². The Morgan fingerprint density at radius 3 is 2.93 bits per heavy atom. The Bertz CT molecular complexity index is 445. The van der Waals surface area contributed by atoms with Crippen molar-refractivity contribution in [2.75, 3.05) is 0 Å². The van der Waals surface area contributed by atoms with Gasteiger partial charge in [0.05, 0.1) is 6.54 Å². The van der Waals surface area contributed by atoms with Gasteiger partial charge in [0.25, 0.3) is 0 Å². The van der Waals surface area contributed by atoms with Crippen molar-refractivity contribution in [3.05, 3.63) is 36.9 Å². The number of nitrogens with one attached hydrogen (secondary N) is 1. The van der Waals surface area contributed by atoms with Gasteiger partial charge in [-0.05, 0) is 0 Å². The van der Waals surface area contributed by atoms with E-state index in [9.17, 15) is 4.79 Å². The molecule has 6 heteroatoms. The predicted octanol–water partition coefficient (Wildman–Crippen LogP) is 0.374. The first kappa shape index (κ1) is 9.45. The lowest BCUT2D eigenvalue weighted by atomic mass is 10.6. The van der Waals surface area contributed by atoms with Crippen molar-refractivity contribution in [3.8, 4) is 0 Å².